The van der Waals surface area contributed by atoms with E-state index in [1.54, 1.807) is 22.8 Å². The molecule has 8 heteroatoms. The molecule has 3 heterocycles. The topological polar surface area (TPSA) is 96.4 Å². The number of ether oxygens (including phenoxy) is 2. The van der Waals surface area contributed by atoms with Crippen molar-refractivity contribution in [2.75, 3.05) is 24.7 Å². The maximum atomic E-state index is 14.8. The number of esters is 1. The van der Waals surface area contributed by atoms with Gasteiger partial charge in [-0.15, -0.1) is 6.58 Å². The van der Waals surface area contributed by atoms with Gasteiger partial charge in [0.15, 0.2) is 0 Å². The Bertz CT molecular complexity index is 1100. The molecule has 8 nitrogen and oxygen atoms in total. The van der Waals surface area contributed by atoms with E-state index >= 15 is 0 Å². The Morgan fingerprint density at radius 1 is 1.29 bits per heavy atom. The minimum atomic E-state index is -1.18. The summed E-state index contributed by atoms with van der Waals surface area (Å²) in [6, 6.07) is 4.27. The maximum Gasteiger partial charge on any atom is 0.312 e. The molecule has 3 fully saturated rings. The Morgan fingerprint density at radius 2 is 1.95 bits per heavy atom. The molecule has 3 aliphatic rings. The summed E-state index contributed by atoms with van der Waals surface area (Å²) < 4.78 is 12.1. The number of nitrogens with zero attached hydrogens (tertiary/aromatic N) is 2. The second-order valence-electron chi connectivity index (χ2n) is 11.3. The van der Waals surface area contributed by atoms with Crippen LogP contribution in [0.15, 0.2) is 30.9 Å². The number of aliphatic hydroxyl groups is 1. The highest BCUT2D eigenvalue weighted by Crippen LogP contribution is 2.64. The van der Waals surface area contributed by atoms with Crippen LogP contribution in [0.5, 0.6) is 0 Å². The first-order valence-electron chi connectivity index (χ1n) is 13.8. The predicted octanol–water partition coefficient (Wildman–Crippen LogP) is 3.56. The summed E-state index contributed by atoms with van der Waals surface area (Å²) in [4.78, 5) is 45.6. The summed E-state index contributed by atoms with van der Waals surface area (Å²) in [5.74, 6) is -2.80. The smallest absolute Gasteiger partial charge is 0.312 e. The average Bonchev–Trinajstić information content (AvgIpc) is 3.44. The minimum Gasteiger partial charge on any atom is -0.466 e. The van der Waals surface area contributed by atoms with Crippen molar-refractivity contribution in [3.63, 3.8) is 0 Å². The summed E-state index contributed by atoms with van der Waals surface area (Å²) in [5.41, 5.74) is 0.549. The standard InChI is InChI=1S/C30H42N2O6/c1-8-16-31(24-19(5)12-11-13-20(24)6)27(35)25-30-15-14-29(7,38-30)23(28(36)37-10-3)22(30)26(34)32(25)21(17-33)18(4)9-2/h8,11-13,18,21-23,25,33H,1,9-10,14-17H2,2-7H3/t18-,21-,22-,23+,25?,29-,30?/m0/s1. The van der Waals surface area contributed by atoms with Crippen LogP contribution in [0.1, 0.15) is 58.1 Å². The number of rotatable bonds is 10. The quantitative estimate of drug-likeness (QED) is 0.370. The number of benzene rings is 1. The van der Waals surface area contributed by atoms with E-state index in [-0.39, 0.29) is 37.5 Å². The lowest BCUT2D eigenvalue weighted by molar-refractivity contribution is -0.160. The molecular weight excluding hydrogens is 484 g/mol. The van der Waals surface area contributed by atoms with Crippen molar-refractivity contribution in [1.82, 2.24) is 4.90 Å². The number of hydrogen-bond acceptors (Lipinski definition) is 6. The molecule has 0 aromatic heterocycles. The predicted molar refractivity (Wildman–Crippen MR) is 144 cm³/mol. The summed E-state index contributed by atoms with van der Waals surface area (Å²) >= 11 is 0. The molecule has 208 valence electrons. The lowest BCUT2D eigenvalue weighted by Crippen LogP contribution is -2.60. The number of hydrogen-bond donors (Lipinski definition) is 1. The highest BCUT2D eigenvalue weighted by molar-refractivity contribution is 6.05. The fourth-order valence-electron chi connectivity index (χ4n) is 7.20. The van der Waals surface area contributed by atoms with E-state index in [0.29, 0.717) is 19.3 Å². The molecule has 0 saturated carbocycles. The summed E-state index contributed by atoms with van der Waals surface area (Å²) in [5, 5.41) is 10.5. The summed E-state index contributed by atoms with van der Waals surface area (Å²) in [7, 11) is 0. The van der Waals surface area contributed by atoms with Crippen LogP contribution in [0.4, 0.5) is 5.69 Å². The van der Waals surface area contributed by atoms with Crippen molar-refractivity contribution in [2.24, 2.45) is 17.8 Å². The molecule has 7 atom stereocenters. The van der Waals surface area contributed by atoms with Gasteiger partial charge in [-0.2, -0.15) is 0 Å². The molecule has 0 radical (unpaired) electrons. The monoisotopic (exact) mass is 526 g/mol. The third kappa shape index (κ3) is 4.08. The number of aliphatic hydroxyl groups excluding tert-OH is 1. The molecule has 2 bridgehead atoms. The van der Waals surface area contributed by atoms with Gasteiger partial charge < -0.3 is 24.4 Å². The van der Waals surface area contributed by atoms with Crippen molar-refractivity contribution >= 4 is 23.5 Å². The van der Waals surface area contributed by atoms with Gasteiger partial charge in [-0.25, -0.2) is 0 Å². The van der Waals surface area contributed by atoms with E-state index < -0.39 is 41.1 Å². The van der Waals surface area contributed by atoms with Crippen LogP contribution in [0, 0.1) is 31.6 Å². The Morgan fingerprint density at radius 3 is 2.50 bits per heavy atom. The lowest BCUT2D eigenvalue weighted by atomic mass is 9.66. The van der Waals surface area contributed by atoms with Crippen LogP contribution in [-0.2, 0) is 23.9 Å². The molecular formula is C30H42N2O6. The largest absolute Gasteiger partial charge is 0.466 e. The van der Waals surface area contributed by atoms with Crippen LogP contribution >= 0.6 is 0 Å². The third-order valence-electron chi connectivity index (χ3n) is 9.12. The Labute approximate surface area is 226 Å². The van der Waals surface area contributed by atoms with Gasteiger partial charge in [-0.05, 0) is 57.6 Å². The van der Waals surface area contributed by atoms with Gasteiger partial charge in [-0.1, -0.05) is 44.5 Å². The lowest BCUT2D eigenvalue weighted by Gasteiger charge is -2.41. The Hall–Kier alpha value is -2.71. The van der Waals surface area contributed by atoms with Gasteiger partial charge in [0.25, 0.3) is 5.91 Å². The molecule has 3 saturated heterocycles. The van der Waals surface area contributed by atoms with Gasteiger partial charge in [-0.3, -0.25) is 14.4 Å². The second-order valence-corrected chi connectivity index (χ2v) is 11.3. The van der Waals surface area contributed by atoms with E-state index in [9.17, 15) is 19.5 Å². The average molecular weight is 527 g/mol. The molecule has 38 heavy (non-hydrogen) atoms. The first kappa shape index (κ1) is 28.3. The number of amides is 2. The molecule has 1 aromatic carbocycles. The Balaban J connectivity index is 1.90. The van der Waals surface area contributed by atoms with Crippen molar-refractivity contribution in [3.05, 3.63) is 42.0 Å². The number of anilines is 1. The zero-order valence-corrected chi connectivity index (χ0v) is 23.5. The van der Waals surface area contributed by atoms with Crippen molar-refractivity contribution < 1.29 is 29.0 Å². The van der Waals surface area contributed by atoms with Gasteiger partial charge in [0, 0.05) is 12.2 Å². The van der Waals surface area contributed by atoms with E-state index in [1.165, 1.54) is 0 Å². The molecule has 0 aliphatic carbocycles. The van der Waals surface area contributed by atoms with Gasteiger partial charge in [0.1, 0.15) is 17.6 Å². The van der Waals surface area contributed by atoms with Crippen LogP contribution in [-0.4, -0.2) is 70.8 Å². The number of fused-ring (bicyclic) bond motifs is 1. The van der Waals surface area contributed by atoms with E-state index in [2.05, 4.69) is 6.58 Å². The van der Waals surface area contributed by atoms with Crippen LogP contribution < -0.4 is 4.90 Å². The minimum absolute atomic E-state index is 0.0728. The summed E-state index contributed by atoms with van der Waals surface area (Å²) in [6.07, 6.45) is 3.39. The molecule has 2 unspecified atom stereocenters. The zero-order chi connectivity index (χ0) is 28.0. The maximum absolute atomic E-state index is 14.8. The number of aryl methyl sites for hydroxylation is 2. The van der Waals surface area contributed by atoms with E-state index in [4.69, 9.17) is 9.47 Å². The number of para-hydroxylation sites is 1. The number of likely N-dealkylation sites (tertiary alicyclic amines) is 1. The molecule has 3 aliphatic heterocycles. The van der Waals surface area contributed by atoms with Crippen molar-refractivity contribution in [3.8, 4) is 0 Å². The number of carbonyl (C=O) groups is 3. The molecule has 1 spiro atoms. The van der Waals surface area contributed by atoms with Crippen molar-refractivity contribution in [1.29, 1.82) is 0 Å². The van der Waals surface area contributed by atoms with Crippen LogP contribution in [0.3, 0.4) is 0 Å². The zero-order valence-electron chi connectivity index (χ0n) is 23.5. The fraction of sp³-hybridized carbons (Fsp3) is 0.633. The molecule has 2 amide bonds. The Kier molecular flexibility index (Phi) is 7.79. The van der Waals surface area contributed by atoms with Crippen LogP contribution in [0.25, 0.3) is 0 Å². The first-order valence-corrected chi connectivity index (χ1v) is 13.8. The molecule has 1 N–H and O–H groups in total. The van der Waals surface area contributed by atoms with Gasteiger partial charge in [0.05, 0.1) is 30.8 Å². The highest BCUT2D eigenvalue weighted by Gasteiger charge is 2.79. The van der Waals surface area contributed by atoms with E-state index in [0.717, 1.165) is 16.8 Å². The summed E-state index contributed by atoms with van der Waals surface area (Å²) in [6.45, 7) is 15.5. The molecule has 1 aromatic rings. The van der Waals surface area contributed by atoms with Crippen molar-refractivity contribution in [2.45, 2.75) is 84.1 Å². The normalized spacial score (nSPS) is 31.2. The van der Waals surface area contributed by atoms with Gasteiger partial charge in [0.2, 0.25) is 5.91 Å². The van der Waals surface area contributed by atoms with Crippen LogP contribution in [0.2, 0.25) is 0 Å². The third-order valence-corrected chi connectivity index (χ3v) is 9.12. The van der Waals surface area contributed by atoms with E-state index in [1.807, 2.05) is 52.8 Å². The van der Waals surface area contributed by atoms with Gasteiger partial charge >= 0.3 is 5.97 Å². The highest BCUT2D eigenvalue weighted by atomic mass is 16.6. The molecule has 4 rings (SSSR count). The second kappa shape index (κ2) is 10.5. The fourth-order valence-corrected chi connectivity index (χ4v) is 7.20. The SMILES string of the molecule is C=CCN(C(=O)C1N([C@@H](CO)[C@@H](C)CC)C(=O)[C@@H]2[C@H](C(=O)OCC)[C@]3(C)CCC12O3)c1c(C)cccc1C. The first-order chi connectivity index (χ1) is 18.0. The number of carbonyl (C=O) groups excluding carboxylic acids is 3.